The number of ether oxygens (including phenoxy) is 1. The summed E-state index contributed by atoms with van der Waals surface area (Å²) in [6.07, 6.45) is 1.47. The van der Waals surface area contributed by atoms with Gasteiger partial charge >= 0.3 is 0 Å². The highest BCUT2D eigenvalue weighted by Gasteiger charge is 2.38. The van der Waals surface area contributed by atoms with Crippen molar-refractivity contribution in [1.29, 1.82) is 0 Å². The van der Waals surface area contributed by atoms with Crippen molar-refractivity contribution in [2.75, 3.05) is 42.0 Å². The van der Waals surface area contributed by atoms with E-state index in [0.29, 0.717) is 30.1 Å². The summed E-state index contributed by atoms with van der Waals surface area (Å²) in [4.78, 5) is 43.8. The van der Waals surface area contributed by atoms with Crippen LogP contribution in [-0.4, -0.2) is 70.4 Å². The number of nitrogens with one attached hydrogen (secondary N) is 2. The van der Waals surface area contributed by atoms with Crippen LogP contribution in [0.2, 0.25) is 0 Å². The molecule has 232 valence electrons. The third kappa shape index (κ3) is 7.86. The maximum atomic E-state index is 14.3. The largest absolute Gasteiger partial charge is 0.496 e. The van der Waals surface area contributed by atoms with E-state index in [2.05, 4.69) is 26.6 Å². The average Bonchev–Trinajstić information content (AvgIpc) is 3.05. The van der Waals surface area contributed by atoms with Crippen molar-refractivity contribution in [3.63, 3.8) is 0 Å². The van der Waals surface area contributed by atoms with Gasteiger partial charge in [0.25, 0.3) is 5.91 Å². The number of fused-ring (bicyclic) bond motifs is 2. The fourth-order valence-electron chi connectivity index (χ4n) is 5.19. The van der Waals surface area contributed by atoms with Crippen LogP contribution >= 0.6 is 28.3 Å². The predicted molar refractivity (Wildman–Crippen MR) is 175 cm³/mol. The lowest BCUT2D eigenvalue weighted by atomic mass is 10.0. The molecule has 1 aliphatic rings. The molecule has 10 nitrogen and oxygen atoms in total. The number of halogens is 2. The Morgan fingerprint density at radius 1 is 1.09 bits per heavy atom. The van der Waals surface area contributed by atoms with E-state index in [1.54, 1.807) is 31.4 Å². The zero-order valence-corrected chi connectivity index (χ0v) is 27.6. The molecule has 4 rings (SSSR count). The summed E-state index contributed by atoms with van der Waals surface area (Å²) < 4.78 is 30.8. The van der Waals surface area contributed by atoms with Crippen LogP contribution in [0.1, 0.15) is 25.8 Å². The van der Waals surface area contributed by atoms with Gasteiger partial charge in [-0.05, 0) is 54.1 Å². The molecule has 2 N–H and O–H groups in total. The highest BCUT2D eigenvalue weighted by atomic mass is 79.9. The smallest absolute Gasteiger partial charge is 0.251 e. The number of amides is 3. The molecule has 43 heavy (non-hydrogen) atoms. The average molecular weight is 696 g/mol. The molecule has 0 saturated heterocycles. The van der Waals surface area contributed by atoms with Crippen molar-refractivity contribution in [2.24, 2.45) is 0 Å². The number of rotatable bonds is 10. The molecule has 1 heterocycles. The molecule has 1 aliphatic heterocycles. The first kappa shape index (κ1) is 34.3. The molecule has 0 saturated carbocycles. The Morgan fingerprint density at radius 2 is 1.79 bits per heavy atom. The number of sulfone groups is 1. The lowest BCUT2D eigenvalue weighted by Gasteiger charge is -2.28. The molecule has 0 unspecified atom stereocenters. The predicted octanol–water partition coefficient (Wildman–Crippen LogP) is 3.83. The van der Waals surface area contributed by atoms with E-state index in [9.17, 15) is 22.8 Å². The van der Waals surface area contributed by atoms with Gasteiger partial charge in [0.2, 0.25) is 11.8 Å². The monoisotopic (exact) mass is 694 g/mol. The Hall–Kier alpha value is -3.19. The summed E-state index contributed by atoms with van der Waals surface area (Å²) in [5.74, 6) is -1.68. The fraction of sp³-hybridized carbons (Fsp3) is 0.367. The van der Waals surface area contributed by atoms with E-state index >= 15 is 0 Å². The number of para-hydroxylation sites is 2. The molecular formula is C30H36BrClN4O6S. The van der Waals surface area contributed by atoms with Gasteiger partial charge in [0, 0.05) is 16.3 Å². The summed E-state index contributed by atoms with van der Waals surface area (Å²) in [6.45, 7) is 4.14. The quantitative estimate of drug-likeness (QED) is 0.331. The topological polar surface area (TPSA) is 125 Å². The molecule has 0 bridgehead atoms. The SMILES string of the molecule is CCN[C@@H](CC)C(=O)N[C@H]1CN(C(=O)CS(C)(=O)=O)c2ccccc2N(Cc2c(OC)ccc3cc(Br)ccc23)C1=O.Cl. The maximum absolute atomic E-state index is 14.3. The van der Waals surface area contributed by atoms with Crippen LogP contribution in [0, 0.1) is 0 Å². The zero-order chi connectivity index (χ0) is 30.6. The molecule has 13 heteroatoms. The van der Waals surface area contributed by atoms with Crippen molar-refractivity contribution in [1.82, 2.24) is 10.6 Å². The van der Waals surface area contributed by atoms with Crippen LogP contribution in [0.4, 0.5) is 11.4 Å². The fourth-order valence-corrected chi connectivity index (χ4v) is 6.18. The molecule has 0 radical (unpaired) electrons. The number of carbonyl (C=O) groups excluding carboxylic acids is 3. The highest BCUT2D eigenvalue weighted by molar-refractivity contribution is 9.10. The van der Waals surface area contributed by atoms with Gasteiger partial charge in [0.05, 0.1) is 37.6 Å². The number of hydrogen-bond donors (Lipinski definition) is 2. The lowest BCUT2D eigenvalue weighted by Crippen LogP contribution is -2.56. The Bertz CT molecular complexity index is 1620. The van der Waals surface area contributed by atoms with Gasteiger partial charge in [-0.15, -0.1) is 12.4 Å². The molecule has 2 atom stereocenters. The number of methoxy groups -OCH3 is 1. The summed E-state index contributed by atoms with van der Waals surface area (Å²) in [5.41, 5.74) is 1.53. The van der Waals surface area contributed by atoms with Crippen molar-refractivity contribution in [3.8, 4) is 5.75 Å². The molecular weight excluding hydrogens is 660 g/mol. The van der Waals surface area contributed by atoms with Crippen molar-refractivity contribution < 1.29 is 27.5 Å². The molecule has 3 aromatic rings. The van der Waals surface area contributed by atoms with E-state index in [4.69, 9.17) is 4.74 Å². The van der Waals surface area contributed by atoms with Crippen LogP contribution in [0.5, 0.6) is 5.75 Å². The first-order valence-electron chi connectivity index (χ1n) is 13.6. The lowest BCUT2D eigenvalue weighted by molar-refractivity contribution is -0.129. The molecule has 3 aromatic carbocycles. The van der Waals surface area contributed by atoms with E-state index in [0.717, 1.165) is 27.1 Å². The van der Waals surface area contributed by atoms with Crippen LogP contribution in [0.25, 0.3) is 10.8 Å². The third-order valence-corrected chi connectivity index (χ3v) is 8.42. The summed E-state index contributed by atoms with van der Waals surface area (Å²) in [6, 6.07) is 14.7. The van der Waals surface area contributed by atoms with Crippen molar-refractivity contribution in [3.05, 3.63) is 64.6 Å². The minimum atomic E-state index is -3.67. The van der Waals surface area contributed by atoms with Gasteiger partial charge < -0.3 is 25.2 Å². The first-order valence-corrected chi connectivity index (χ1v) is 16.5. The van der Waals surface area contributed by atoms with Gasteiger partial charge in [0.1, 0.15) is 17.5 Å². The molecule has 3 amide bonds. The number of hydrogen-bond acceptors (Lipinski definition) is 7. The second-order valence-electron chi connectivity index (χ2n) is 10.2. The van der Waals surface area contributed by atoms with Crippen molar-refractivity contribution >= 4 is 78.0 Å². The highest BCUT2D eigenvalue weighted by Crippen LogP contribution is 2.37. The van der Waals surface area contributed by atoms with E-state index < -0.39 is 39.5 Å². The summed E-state index contributed by atoms with van der Waals surface area (Å²) in [5, 5.41) is 7.75. The Kier molecular flexibility index (Phi) is 11.6. The van der Waals surface area contributed by atoms with Crippen LogP contribution in [0.15, 0.2) is 59.1 Å². The minimum absolute atomic E-state index is 0. The van der Waals surface area contributed by atoms with E-state index in [1.165, 1.54) is 9.80 Å². The normalized spacial score (nSPS) is 15.7. The number of carbonyl (C=O) groups is 3. The second-order valence-corrected chi connectivity index (χ2v) is 13.2. The second kappa shape index (κ2) is 14.5. The Labute approximate surface area is 266 Å². The van der Waals surface area contributed by atoms with Crippen molar-refractivity contribution in [2.45, 2.75) is 38.9 Å². The van der Waals surface area contributed by atoms with E-state index in [-0.39, 0.29) is 31.4 Å². The molecule has 0 fully saturated rings. The van der Waals surface area contributed by atoms with Gasteiger partial charge in [-0.1, -0.05) is 54.0 Å². The number of nitrogens with zero attached hydrogens (tertiary/aromatic N) is 2. The standard InChI is InChI=1S/C30H35BrN4O6S.ClH/c1-5-23(32-6-2)29(37)33-24-17-34(28(36)18-42(4,39)40)25-9-7-8-10-26(25)35(30(24)38)16-22-21-13-12-20(31)15-19(21)11-14-27(22)41-3;/h7-15,23-24,32H,5-6,16-18H2,1-4H3,(H,33,37);1H/t23-,24-;/m0./s1. The van der Waals surface area contributed by atoms with Gasteiger partial charge in [-0.2, -0.15) is 0 Å². The Balaban J connectivity index is 0.00000506. The molecule has 0 aromatic heterocycles. The number of anilines is 2. The first-order chi connectivity index (χ1) is 20.0. The molecule has 0 spiro atoms. The summed E-state index contributed by atoms with van der Waals surface area (Å²) >= 11 is 3.51. The van der Waals surface area contributed by atoms with Crippen LogP contribution in [-0.2, 0) is 30.8 Å². The van der Waals surface area contributed by atoms with E-state index in [1.807, 2.05) is 44.2 Å². The molecule has 0 aliphatic carbocycles. The minimum Gasteiger partial charge on any atom is -0.496 e. The zero-order valence-electron chi connectivity index (χ0n) is 24.4. The number of benzene rings is 3. The Morgan fingerprint density at radius 3 is 2.42 bits per heavy atom. The van der Waals surface area contributed by atoms with Gasteiger partial charge in [-0.3, -0.25) is 14.4 Å². The van der Waals surface area contributed by atoms with Gasteiger partial charge in [-0.25, -0.2) is 8.42 Å². The number of likely N-dealkylation sites (N-methyl/N-ethyl adjacent to an activating group) is 1. The van der Waals surface area contributed by atoms with Gasteiger partial charge in [0.15, 0.2) is 9.84 Å². The summed E-state index contributed by atoms with van der Waals surface area (Å²) in [7, 11) is -2.11. The van der Waals surface area contributed by atoms with Crippen LogP contribution in [0.3, 0.4) is 0 Å². The maximum Gasteiger partial charge on any atom is 0.251 e. The third-order valence-electron chi connectivity index (χ3n) is 7.16. The van der Waals surface area contributed by atoms with Crippen LogP contribution < -0.4 is 25.2 Å².